The summed E-state index contributed by atoms with van der Waals surface area (Å²) in [6.45, 7) is 6.86. The Labute approximate surface area is 153 Å². The first kappa shape index (κ1) is 17.9. The molecule has 1 aliphatic rings. The summed E-state index contributed by atoms with van der Waals surface area (Å²) in [5.41, 5.74) is 3.76. The Hall–Kier alpha value is -1.92. The number of rotatable bonds is 6. The summed E-state index contributed by atoms with van der Waals surface area (Å²) in [7, 11) is 0. The number of amides is 1. The quantitative estimate of drug-likeness (QED) is 0.636. The molecule has 1 aromatic heterocycles. The number of hydrogen-bond acceptors (Lipinski definition) is 5. The summed E-state index contributed by atoms with van der Waals surface area (Å²) in [6.07, 6.45) is 2.80. The summed E-state index contributed by atoms with van der Waals surface area (Å²) in [5, 5.41) is 3.73. The third-order valence-electron chi connectivity index (χ3n) is 4.25. The molecule has 1 atom stereocenters. The van der Waals surface area contributed by atoms with Crippen molar-refractivity contribution >= 4 is 17.7 Å². The molecule has 6 heteroatoms. The molecule has 2 heterocycles. The fourth-order valence-electron chi connectivity index (χ4n) is 3.08. The first-order valence-corrected chi connectivity index (χ1v) is 9.59. The van der Waals surface area contributed by atoms with Gasteiger partial charge in [-0.15, -0.1) is 0 Å². The number of thioether (sulfide) groups is 1. The Bertz CT molecular complexity index is 737. The molecule has 5 nitrogen and oxygen atoms in total. The minimum atomic E-state index is 0.0278. The summed E-state index contributed by atoms with van der Waals surface area (Å²) in [5.74, 6) is 0.372. The summed E-state index contributed by atoms with van der Waals surface area (Å²) < 4.78 is 0. The molecule has 1 aromatic carbocycles. The molecule has 1 amide bonds. The second-order valence-electron chi connectivity index (χ2n) is 6.49. The lowest BCUT2D eigenvalue weighted by Gasteiger charge is -2.31. The molecule has 0 saturated heterocycles. The molecule has 0 aliphatic carbocycles. The summed E-state index contributed by atoms with van der Waals surface area (Å²) in [4.78, 5) is 23.0. The molecular weight excluding hydrogens is 332 g/mol. The smallest absolute Gasteiger partial charge is 0.230 e. The van der Waals surface area contributed by atoms with Gasteiger partial charge in [-0.25, -0.2) is 9.97 Å². The van der Waals surface area contributed by atoms with E-state index in [1.165, 1.54) is 22.9 Å². The van der Waals surface area contributed by atoms with Gasteiger partial charge in [0.1, 0.15) is 0 Å². The van der Waals surface area contributed by atoms with Crippen LogP contribution in [0.15, 0.2) is 41.7 Å². The van der Waals surface area contributed by atoms with Gasteiger partial charge < -0.3 is 5.32 Å². The standard InChI is InChI=1S/C19H24N4OS/c1-14-7-9-20-19(22-14)25-13-18(24)21-15(2)11-23-10-8-16-5-3-4-6-17(16)12-23/h3-7,9,15H,8,10-13H2,1-2H3,(H,21,24)/t15-/m0/s1. The van der Waals surface area contributed by atoms with Crippen molar-refractivity contribution < 1.29 is 4.79 Å². The maximum atomic E-state index is 12.1. The van der Waals surface area contributed by atoms with Gasteiger partial charge in [0.25, 0.3) is 0 Å². The van der Waals surface area contributed by atoms with Crippen LogP contribution in [0.4, 0.5) is 0 Å². The van der Waals surface area contributed by atoms with Crippen LogP contribution in [-0.2, 0) is 17.8 Å². The molecule has 0 saturated carbocycles. The van der Waals surface area contributed by atoms with Crippen LogP contribution in [0, 0.1) is 6.92 Å². The molecule has 1 N–H and O–H groups in total. The Morgan fingerprint density at radius 3 is 2.92 bits per heavy atom. The highest BCUT2D eigenvalue weighted by molar-refractivity contribution is 7.99. The molecule has 0 bridgehead atoms. The third kappa shape index (κ3) is 5.28. The first-order chi connectivity index (χ1) is 12.1. The van der Waals surface area contributed by atoms with E-state index in [9.17, 15) is 4.79 Å². The molecule has 0 radical (unpaired) electrons. The van der Waals surface area contributed by atoms with E-state index in [0.29, 0.717) is 10.9 Å². The number of benzene rings is 1. The number of carbonyl (C=O) groups excluding carboxylic acids is 1. The van der Waals surface area contributed by atoms with E-state index in [-0.39, 0.29) is 11.9 Å². The fourth-order valence-corrected chi connectivity index (χ4v) is 3.77. The zero-order chi connectivity index (χ0) is 17.6. The Morgan fingerprint density at radius 2 is 2.12 bits per heavy atom. The minimum absolute atomic E-state index is 0.0278. The van der Waals surface area contributed by atoms with Crippen LogP contribution in [0.2, 0.25) is 0 Å². The lowest BCUT2D eigenvalue weighted by atomic mass is 10.00. The minimum Gasteiger partial charge on any atom is -0.352 e. The first-order valence-electron chi connectivity index (χ1n) is 8.61. The maximum Gasteiger partial charge on any atom is 0.230 e. The Balaban J connectivity index is 1.43. The number of aromatic nitrogens is 2. The number of aryl methyl sites for hydroxylation is 1. The SMILES string of the molecule is Cc1ccnc(SCC(=O)N[C@@H](C)CN2CCc3ccccc3C2)n1. The van der Waals surface area contributed by atoms with E-state index in [4.69, 9.17) is 0 Å². The van der Waals surface area contributed by atoms with Gasteiger partial charge in [0.05, 0.1) is 5.75 Å². The highest BCUT2D eigenvalue weighted by atomic mass is 32.2. The van der Waals surface area contributed by atoms with Crippen molar-refractivity contribution in [3.63, 3.8) is 0 Å². The van der Waals surface area contributed by atoms with Crippen LogP contribution in [0.1, 0.15) is 23.7 Å². The van der Waals surface area contributed by atoms with Crippen LogP contribution in [0.5, 0.6) is 0 Å². The zero-order valence-corrected chi connectivity index (χ0v) is 15.6. The Morgan fingerprint density at radius 1 is 1.32 bits per heavy atom. The molecule has 0 spiro atoms. The van der Waals surface area contributed by atoms with Gasteiger partial charge in [-0.2, -0.15) is 0 Å². The number of nitrogens with one attached hydrogen (secondary N) is 1. The maximum absolute atomic E-state index is 12.1. The normalized spacial score (nSPS) is 15.4. The van der Waals surface area contributed by atoms with Crippen LogP contribution in [0.3, 0.4) is 0 Å². The van der Waals surface area contributed by atoms with Gasteiger partial charge in [-0.3, -0.25) is 9.69 Å². The second-order valence-corrected chi connectivity index (χ2v) is 7.43. The topological polar surface area (TPSA) is 58.1 Å². The fraction of sp³-hybridized carbons (Fsp3) is 0.421. The third-order valence-corrected chi connectivity index (χ3v) is 5.12. The van der Waals surface area contributed by atoms with Gasteiger partial charge >= 0.3 is 0 Å². The molecule has 132 valence electrons. The lowest BCUT2D eigenvalue weighted by molar-refractivity contribution is -0.119. The Kier molecular flexibility index (Phi) is 6.04. The molecule has 2 aromatic rings. The van der Waals surface area contributed by atoms with Gasteiger partial charge in [0, 0.05) is 37.6 Å². The predicted octanol–water partition coefficient (Wildman–Crippen LogP) is 2.44. The zero-order valence-electron chi connectivity index (χ0n) is 14.7. The van der Waals surface area contributed by atoms with Crippen molar-refractivity contribution in [2.45, 2.75) is 38.0 Å². The highest BCUT2D eigenvalue weighted by Gasteiger charge is 2.18. The summed E-state index contributed by atoms with van der Waals surface area (Å²) in [6, 6.07) is 10.6. The van der Waals surface area contributed by atoms with Crippen molar-refractivity contribution in [3.8, 4) is 0 Å². The molecular formula is C19H24N4OS. The van der Waals surface area contributed by atoms with Gasteiger partial charge in [-0.05, 0) is 37.5 Å². The van der Waals surface area contributed by atoms with E-state index in [1.54, 1.807) is 6.20 Å². The van der Waals surface area contributed by atoms with E-state index in [0.717, 1.165) is 31.7 Å². The van der Waals surface area contributed by atoms with Crippen LogP contribution >= 0.6 is 11.8 Å². The van der Waals surface area contributed by atoms with Gasteiger partial charge in [0.15, 0.2) is 5.16 Å². The number of carbonyl (C=O) groups is 1. The molecule has 25 heavy (non-hydrogen) atoms. The van der Waals surface area contributed by atoms with Crippen LogP contribution < -0.4 is 5.32 Å². The monoisotopic (exact) mass is 356 g/mol. The second kappa shape index (κ2) is 8.45. The lowest BCUT2D eigenvalue weighted by Crippen LogP contribution is -2.44. The number of hydrogen-bond donors (Lipinski definition) is 1. The number of fused-ring (bicyclic) bond motifs is 1. The molecule has 0 unspecified atom stereocenters. The average molecular weight is 356 g/mol. The van der Waals surface area contributed by atoms with Crippen LogP contribution in [0.25, 0.3) is 0 Å². The van der Waals surface area contributed by atoms with Crippen molar-refractivity contribution in [1.82, 2.24) is 20.2 Å². The predicted molar refractivity (Wildman–Crippen MR) is 101 cm³/mol. The van der Waals surface area contributed by atoms with Crippen molar-refractivity contribution in [3.05, 3.63) is 53.3 Å². The van der Waals surface area contributed by atoms with E-state index in [1.807, 2.05) is 13.0 Å². The van der Waals surface area contributed by atoms with Gasteiger partial charge in [0.2, 0.25) is 5.91 Å². The van der Waals surface area contributed by atoms with Crippen molar-refractivity contribution in [1.29, 1.82) is 0 Å². The number of nitrogens with zero attached hydrogens (tertiary/aromatic N) is 3. The molecule has 1 aliphatic heterocycles. The molecule has 3 rings (SSSR count). The van der Waals surface area contributed by atoms with Crippen molar-refractivity contribution in [2.75, 3.05) is 18.8 Å². The highest BCUT2D eigenvalue weighted by Crippen LogP contribution is 2.18. The average Bonchev–Trinajstić information content (AvgIpc) is 2.60. The van der Waals surface area contributed by atoms with Gasteiger partial charge in [-0.1, -0.05) is 36.0 Å². The van der Waals surface area contributed by atoms with Crippen molar-refractivity contribution in [2.24, 2.45) is 0 Å². The largest absolute Gasteiger partial charge is 0.352 e. The van der Waals surface area contributed by atoms with Crippen LogP contribution in [-0.4, -0.2) is 45.7 Å². The summed E-state index contributed by atoms with van der Waals surface area (Å²) >= 11 is 1.37. The van der Waals surface area contributed by atoms with E-state index < -0.39 is 0 Å². The molecule has 0 fully saturated rings. The van der Waals surface area contributed by atoms with E-state index >= 15 is 0 Å². The van der Waals surface area contributed by atoms with E-state index in [2.05, 4.69) is 51.4 Å².